The second kappa shape index (κ2) is 11.5. The summed E-state index contributed by atoms with van der Waals surface area (Å²) in [6.07, 6.45) is -4.63. The van der Waals surface area contributed by atoms with Gasteiger partial charge in [-0.15, -0.1) is 0 Å². The second-order valence-corrected chi connectivity index (χ2v) is 8.34. The van der Waals surface area contributed by atoms with Gasteiger partial charge in [0.05, 0.1) is 16.2 Å². The van der Waals surface area contributed by atoms with E-state index in [0.717, 1.165) is 27.8 Å². The van der Waals surface area contributed by atoms with Gasteiger partial charge in [0, 0.05) is 42.0 Å². The SMILES string of the molecule is O=C(NCCN(C(=O)Nc1ccc([N+](=O)[O-])cc1)c1cccc(C(F)(F)F)c1)Nc1cccc2ccccc12. The highest BCUT2D eigenvalue weighted by molar-refractivity contribution is 6.03. The summed E-state index contributed by atoms with van der Waals surface area (Å²) in [5.74, 6) is 0. The predicted octanol–water partition coefficient (Wildman–Crippen LogP) is 6.63. The number of nitro groups is 1. The van der Waals surface area contributed by atoms with Crippen molar-refractivity contribution in [1.82, 2.24) is 5.32 Å². The van der Waals surface area contributed by atoms with Crippen LogP contribution in [-0.4, -0.2) is 30.1 Å². The number of halogens is 3. The monoisotopic (exact) mass is 537 g/mol. The maximum Gasteiger partial charge on any atom is 0.416 e. The Labute approximate surface area is 220 Å². The Morgan fingerprint density at radius 2 is 1.56 bits per heavy atom. The fourth-order valence-electron chi connectivity index (χ4n) is 3.84. The third kappa shape index (κ3) is 6.80. The van der Waals surface area contributed by atoms with E-state index in [-0.39, 0.29) is 30.2 Å². The number of anilines is 3. The molecule has 0 aliphatic heterocycles. The lowest BCUT2D eigenvalue weighted by Gasteiger charge is -2.24. The third-order valence-electron chi connectivity index (χ3n) is 5.72. The van der Waals surface area contributed by atoms with Crippen LogP contribution in [-0.2, 0) is 6.18 Å². The minimum absolute atomic E-state index is 0.0551. The molecule has 0 aromatic heterocycles. The van der Waals surface area contributed by atoms with Crippen molar-refractivity contribution in [3.05, 3.63) is 107 Å². The van der Waals surface area contributed by atoms with Gasteiger partial charge in [0.15, 0.2) is 0 Å². The van der Waals surface area contributed by atoms with Gasteiger partial charge in [-0.1, -0.05) is 42.5 Å². The molecule has 0 radical (unpaired) electrons. The number of nitro benzene ring substituents is 1. The zero-order valence-electron chi connectivity index (χ0n) is 20.2. The minimum atomic E-state index is -4.63. The summed E-state index contributed by atoms with van der Waals surface area (Å²) in [7, 11) is 0. The van der Waals surface area contributed by atoms with Gasteiger partial charge in [0.1, 0.15) is 0 Å². The number of hydrogen-bond donors (Lipinski definition) is 3. The Morgan fingerprint density at radius 3 is 2.28 bits per heavy atom. The van der Waals surface area contributed by atoms with Gasteiger partial charge >= 0.3 is 18.2 Å². The molecule has 0 saturated carbocycles. The molecule has 4 aromatic carbocycles. The maximum atomic E-state index is 13.3. The number of fused-ring (bicyclic) bond motifs is 1. The van der Waals surface area contributed by atoms with Gasteiger partial charge in [-0.3, -0.25) is 15.0 Å². The summed E-state index contributed by atoms with van der Waals surface area (Å²) in [6, 6.07) is 20.7. The minimum Gasteiger partial charge on any atom is -0.336 e. The van der Waals surface area contributed by atoms with Crippen molar-refractivity contribution in [2.75, 3.05) is 28.6 Å². The maximum absolute atomic E-state index is 13.3. The molecule has 0 aliphatic carbocycles. The largest absolute Gasteiger partial charge is 0.416 e. The number of carbonyl (C=O) groups excluding carboxylic acids is 2. The number of urea groups is 2. The van der Waals surface area contributed by atoms with Crippen molar-refractivity contribution in [1.29, 1.82) is 0 Å². The van der Waals surface area contributed by atoms with Gasteiger partial charge < -0.3 is 16.0 Å². The first-order valence-electron chi connectivity index (χ1n) is 11.6. The lowest BCUT2D eigenvalue weighted by Crippen LogP contribution is -2.42. The van der Waals surface area contributed by atoms with E-state index in [1.54, 1.807) is 12.1 Å². The van der Waals surface area contributed by atoms with Crippen LogP contribution in [0, 0.1) is 10.1 Å². The molecule has 12 heteroatoms. The first kappa shape index (κ1) is 26.9. The number of non-ortho nitro benzene ring substituents is 1. The molecule has 0 fully saturated rings. The topological polar surface area (TPSA) is 117 Å². The van der Waals surface area contributed by atoms with Gasteiger partial charge in [-0.25, -0.2) is 9.59 Å². The number of benzene rings is 4. The van der Waals surface area contributed by atoms with Crippen molar-refractivity contribution in [3.8, 4) is 0 Å². The zero-order valence-corrected chi connectivity index (χ0v) is 20.2. The zero-order chi connectivity index (χ0) is 28.0. The number of nitrogens with zero attached hydrogens (tertiary/aromatic N) is 2. The van der Waals surface area contributed by atoms with Crippen molar-refractivity contribution >= 4 is 45.6 Å². The number of carbonyl (C=O) groups is 2. The fourth-order valence-corrected chi connectivity index (χ4v) is 3.84. The van der Waals surface area contributed by atoms with Crippen LogP contribution in [0.2, 0.25) is 0 Å². The Morgan fingerprint density at radius 1 is 0.872 bits per heavy atom. The van der Waals surface area contributed by atoms with E-state index in [0.29, 0.717) is 5.69 Å². The quantitative estimate of drug-likeness (QED) is 0.181. The van der Waals surface area contributed by atoms with Crippen molar-refractivity contribution in [2.45, 2.75) is 6.18 Å². The van der Waals surface area contributed by atoms with Crippen LogP contribution in [0.1, 0.15) is 5.56 Å². The van der Waals surface area contributed by atoms with Crippen molar-refractivity contribution in [2.24, 2.45) is 0 Å². The Kier molecular flexibility index (Phi) is 7.94. The number of rotatable bonds is 7. The number of hydrogen-bond acceptors (Lipinski definition) is 4. The van der Waals surface area contributed by atoms with E-state index in [1.165, 1.54) is 36.4 Å². The van der Waals surface area contributed by atoms with Crippen LogP contribution in [0.3, 0.4) is 0 Å². The van der Waals surface area contributed by atoms with Gasteiger partial charge in [-0.2, -0.15) is 13.2 Å². The van der Waals surface area contributed by atoms with Gasteiger partial charge in [0.2, 0.25) is 0 Å². The van der Waals surface area contributed by atoms with Crippen LogP contribution in [0.15, 0.2) is 91.0 Å². The van der Waals surface area contributed by atoms with Crippen LogP contribution in [0.25, 0.3) is 10.8 Å². The van der Waals surface area contributed by atoms with Crippen LogP contribution < -0.4 is 20.9 Å². The normalized spacial score (nSPS) is 11.1. The molecular formula is C27H22F3N5O4. The lowest BCUT2D eigenvalue weighted by atomic mass is 10.1. The van der Waals surface area contributed by atoms with Crippen LogP contribution in [0.5, 0.6) is 0 Å². The Bertz CT molecular complexity index is 1500. The highest BCUT2D eigenvalue weighted by atomic mass is 19.4. The molecule has 0 aliphatic rings. The highest BCUT2D eigenvalue weighted by Gasteiger charge is 2.31. The molecule has 0 heterocycles. The van der Waals surface area contributed by atoms with E-state index in [2.05, 4.69) is 16.0 Å². The van der Waals surface area contributed by atoms with E-state index in [1.807, 2.05) is 30.3 Å². The molecule has 3 N–H and O–H groups in total. The fraction of sp³-hybridized carbons (Fsp3) is 0.111. The number of nitrogens with one attached hydrogen (secondary N) is 3. The Hall–Kier alpha value is -5.13. The van der Waals surface area contributed by atoms with E-state index >= 15 is 0 Å². The van der Waals surface area contributed by atoms with E-state index in [4.69, 9.17) is 0 Å². The summed E-state index contributed by atoms with van der Waals surface area (Å²) in [6.45, 7) is -0.274. The molecule has 0 saturated heterocycles. The molecule has 4 rings (SSSR count). The average Bonchev–Trinajstić information content (AvgIpc) is 2.91. The van der Waals surface area contributed by atoms with E-state index in [9.17, 15) is 32.9 Å². The van der Waals surface area contributed by atoms with Crippen LogP contribution in [0.4, 0.5) is 45.5 Å². The molecule has 0 atom stereocenters. The Balaban J connectivity index is 1.48. The molecule has 0 unspecified atom stereocenters. The average molecular weight is 537 g/mol. The van der Waals surface area contributed by atoms with Gasteiger partial charge in [-0.05, 0) is 41.8 Å². The number of alkyl halides is 3. The predicted molar refractivity (Wildman–Crippen MR) is 142 cm³/mol. The molecule has 4 aromatic rings. The molecule has 200 valence electrons. The van der Waals surface area contributed by atoms with Gasteiger partial charge in [0.25, 0.3) is 5.69 Å². The molecule has 39 heavy (non-hydrogen) atoms. The summed E-state index contributed by atoms with van der Waals surface area (Å²) in [5.41, 5.74) is -0.431. The number of amides is 4. The summed E-state index contributed by atoms with van der Waals surface area (Å²) < 4.78 is 40.0. The molecule has 9 nitrogen and oxygen atoms in total. The lowest BCUT2D eigenvalue weighted by molar-refractivity contribution is -0.384. The van der Waals surface area contributed by atoms with Crippen molar-refractivity contribution < 1.29 is 27.7 Å². The summed E-state index contributed by atoms with van der Waals surface area (Å²) in [4.78, 5) is 36.9. The molecule has 0 bridgehead atoms. The first-order chi connectivity index (χ1) is 18.6. The highest BCUT2D eigenvalue weighted by Crippen LogP contribution is 2.32. The van der Waals surface area contributed by atoms with Crippen LogP contribution >= 0.6 is 0 Å². The first-order valence-corrected chi connectivity index (χ1v) is 11.6. The molecular weight excluding hydrogens is 515 g/mol. The third-order valence-corrected chi connectivity index (χ3v) is 5.72. The smallest absolute Gasteiger partial charge is 0.336 e. The van der Waals surface area contributed by atoms with E-state index < -0.39 is 28.7 Å². The molecule has 4 amide bonds. The summed E-state index contributed by atoms with van der Waals surface area (Å²) in [5, 5.41) is 20.5. The second-order valence-electron chi connectivity index (χ2n) is 8.34. The summed E-state index contributed by atoms with van der Waals surface area (Å²) >= 11 is 0. The van der Waals surface area contributed by atoms with Crippen molar-refractivity contribution in [3.63, 3.8) is 0 Å². The molecule has 0 spiro atoms. The standard InChI is InChI=1S/C27H22F3N5O4/c28-27(29,30)19-7-4-8-22(17-19)34(26(37)32-20-11-13-21(14-12-20)35(38)39)16-15-31-25(36)33-24-10-3-6-18-5-1-2-9-23(18)24/h1-14,17H,15-16H2,(H,32,37)(H2,31,33,36).